The van der Waals surface area contributed by atoms with E-state index in [0.29, 0.717) is 19.0 Å². The molecule has 11 nitrogen and oxygen atoms in total. The zero-order chi connectivity index (χ0) is 23.9. The number of nitrogens with zero attached hydrogens (tertiary/aromatic N) is 8. The van der Waals surface area contributed by atoms with E-state index in [0.717, 1.165) is 71.2 Å². The Hall–Kier alpha value is -2.93. The summed E-state index contributed by atoms with van der Waals surface area (Å²) in [5.41, 5.74) is 4.22. The Morgan fingerprint density at radius 3 is 2.89 bits per heavy atom. The molecular formula is C23H28N8O3S. The first-order valence-electron chi connectivity index (χ1n) is 12.0. The predicted octanol–water partition coefficient (Wildman–Crippen LogP) is 2.86. The van der Waals surface area contributed by atoms with Crippen LogP contribution in [0.25, 0.3) is 27.3 Å². The number of pyridine rings is 1. The summed E-state index contributed by atoms with van der Waals surface area (Å²) in [6.45, 7) is 6.69. The second kappa shape index (κ2) is 9.26. The van der Waals surface area contributed by atoms with Gasteiger partial charge >= 0.3 is 0 Å². The molecule has 6 rings (SSSR count). The highest BCUT2D eigenvalue weighted by Crippen LogP contribution is 2.38. The summed E-state index contributed by atoms with van der Waals surface area (Å²) >= 11 is 1.38. The van der Waals surface area contributed by atoms with Crippen molar-refractivity contribution in [3.63, 3.8) is 0 Å². The first-order valence-corrected chi connectivity index (χ1v) is 12.7. The molecule has 0 bridgehead atoms. The van der Waals surface area contributed by atoms with E-state index in [1.807, 2.05) is 17.7 Å². The SMILES string of the molecule is Cc1cc(-c2nsc3c(-n4cnc(CO)n4)cc(N4CCOC[C@H]4C)nc23)n(C2CCCCO2)n1. The van der Waals surface area contributed by atoms with Gasteiger partial charge in [0.15, 0.2) is 12.1 Å². The van der Waals surface area contributed by atoms with E-state index in [4.69, 9.17) is 23.9 Å². The highest BCUT2D eigenvalue weighted by atomic mass is 32.1. The van der Waals surface area contributed by atoms with Crippen molar-refractivity contribution in [3.05, 3.63) is 30.0 Å². The Morgan fingerprint density at radius 2 is 2.11 bits per heavy atom. The summed E-state index contributed by atoms with van der Waals surface area (Å²) in [6.07, 6.45) is 4.63. The number of aromatic nitrogens is 7. The van der Waals surface area contributed by atoms with E-state index in [1.165, 1.54) is 11.5 Å². The molecule has 2 fully saturated rings. The van der Waals surface area contributed by atoms with Crippen molar-refractivity contribution in [3.8, 4) is 17.1 Å². The fraction of sp³-hybridized carbons (Fsp3) is 0.522. The number of hydrogen-bond acceptors (Lipinski definition) is 10. The Kier molecular flexibility index (Phi) is 5.96. The van der Waals surface area contributed by atoms with Crippen LogP contribution in [0.1, 0.15) is 43.9 Å². The van der Waals surface area contributed by atoms with Gasteiger partial charge in [0.1, 0.15) is 34.7 Å². The first kappa shape index (κ1) is 22.5. The number of anilines is 1. The average molecular weight is 497 g/mol. The summed E-state index contributed by atoms with van der Waals surface area (Å²) in [4.78, 5) is 11.6. The normalized spacial score (nSPS) is 21.2. The van der Waals surface area contributed by atoms with Gasteiger partial charge < -0.3 is 19.5 Å². The Labute approximate surface area is 206 Å². The van der Waals surface area contributed by atoms with Gasteiger partial charge in [0.05, 0.1) is 36.3 Å². The Bertz CT molecular complexity index is 1340. The number of aliphatic hydroxyl groups excluding tert-OH is 1. The largest absolute Gasteiger partial charge is 0.388 e. The monoisotopic (exact) mass is 496 g/mol. The highest BCUT2D eigenvalue weighted by molar-refractivity contribution is 7.14. The molecule has 0 saturated carbocycles. The molecule has 2 saturated heterocycles. The standard InChI is InChI=1S/C23H28N8O3S/c1-14-9-16(31(26-14)20-5-3-4-7-34-20)21-22-23(35-28-21)17(30-13-24-18(11-32)27-30)10-19(25-22)29-6-8-33-12-15(29)2/h9-10,13,15,20,32H,3-8,11-12H2,1-2H3/t15-,20?/m1/s1. The van der Waals surface area contributed by atoms with Gasteiger partial charge in [-0.15, -0.1) is 5.10 Å². The molecule has 6 heterocycles. The predicted molar refractivity (Wildman–Crippen MR) is 131 cm³/mol. The highest BCUT2D eigenvalue weighted by Gasteiger charge is 2.27. The zero-order valence-corrected chi connectivity index (χ0v) is 20.6. The number of rotatable bonds is 5. The number of morpholine rings is 1. The molecule has 0 aromatic carbocycles. The van der Waals surface area contributed by atoms with Crippen molar-refractivity contribution < 1.29 is 14.6 Å². The quantitative estimate of drug-likeness (QED) is 0.445. The molecule has 0 radical (unpaired) electrons. The van der Waals surface area contributed by atoms with Crippen molar-refractivity contribution in [2.75, 3.05) is 31.3 Å². The van der Waals surface area contributed by atoms with Gasteiger partial charge in [-0.3, -0.25) is 0 Å². The van der Waals surface area contributed by atoms with Gasteiger partial charge in [-0.05, 0) is 50.7 Å². The van der Waals surface area contributed by atoms with Gasteiger partial charge in [0, 0.05) is 19.2 Å². The molecule has 4 aromatic rings. The molecule has 4 aromatic heterocycles. The van der Waals surface area contributed by atoms with Crippen LogP contribution >= 0.6 is 11.5 Å². The second-order valence-corrected chi connectivity index (χ2v) is 9.80. The molecule has 184 valence electrons. The fourth-order valence-corrected chi connectivity index (χ4v) is 5.60. The van der Waals surface area contributed by atoms with E-state index in [-0.39, 0.29) is 18.9 Å². The molecule has 0 aliphatic carbocycles. The number of aliphatic hydroxyl groups is 1. The minimum Gasteiger partial charge on any atom is -0.388 e. The Morgan fingerprint density at radius 1 is 1.20 bits per heavy atom. The molecule has 2 atom stereocenters. The minimum atomic E-state index is -0.220. The maximum atomic E-state index is 9.51. The van der Waals surface area contributed by atoms with Crippen molar-refractivity contribution in [1.29, 1.82) is 0 Å². The van der Waals surface area contributed by atoms with Crippen molar-refractivity contribution in [1.82, 2.24) is 33.9 Å². The van der Waals surface area contributed by atoms with Crippen LogP contribution in [0, 0.1) is 6.92 Å². The van der Waals surface area contributed by atoms with Crippen LogP contribution in [-0.4, -0.2) is 71.4 Å². The molecule has 0 amide bonds. The lowest BCUT2D eigenvalue weighted by atomic mass is 10.1. The third-order valence-corrected chi connectivity index (χ3v) is 7.37. The lowest BCUT2D eigenvalue weighted by molar-refractivity contribution is -0.0385. The van der Waals surface area contributed by atoms with Crippen LogP contribution in [-0.2, 0) is 16.1 Å². The van der Waals surface area contributed by atoms with Crippen LogP contribution in [0.4, 0.5) is 5.82 Å². The lowest BCUT2D eigenvalue weighted by Crippen LogP contribution is -2.44. The van der Waals surface area contributed by atoms with Crippen LogP contribution in [0.5, 0.6) is 0 Å². The molecule has 0 spiro atoms. The fourth-order valence-electron chi connectivity index (χ4n) is 4.76. The summed E-state index contributed by atoms with van der Waals surface area (Å²) in [5, 5.41) is 18.7. The van der Waals surface area contributed by atoms with Crippen LogP contribution in [0.2, 0.25) is 0 Å². The van der Waals surface area contributed by atoms with Gasteiger partial charge in [-0.2, -0.15) is 9.47 Å². The van der Waals surface area contributed by atoms with Crippen LogP contribution in [0.3, 0.4) is 0 Å². The smallest absolute Gasteiger partial charge is 0.176 e. The summed E-state index contributed by atoms with van der Waals surface area (Å²) in [6, 6.07) is 4.26. The van der Waals surface area contributed by atoms with Crippen molar-refractivity contribution in [2.24, 2.45) is 0 Å². The van der Waals surface area contributed by atoms with E-state index in [2.05, 4.69) is 28.0 Å². The van der Waals surface area contributed by atoms with Crippen molar-refractivity contribution >= 4 is 27.6 Å². The molecular weight excluding hydrogens is 468 g/mol. The molecule has 12 heteroatoms. The summed E-state index contributed by atoms with van der Waals surface area (Å²) in [5.74, 6) is 1.20. The zero-order valence-electron chi connectivity index (χ0n) is 19.8. The third kappa shape index (κ3) is 4.10. The number of aryl methyl sites for hydroxylation is 1. The van der Waals surface area contributed by atoms with E-state index in [1.54, 1.807) is 11.0 Å². The minimum absolute atomic E-state index is 0.103. The van der Waals surface area contributed by atoms with Gasteiger partial charge in [-0.25, -0.2) is 19.3 Å². The Balaban J connectivity index is 1.53. The van der Waals surface area contributed by atoms with Gasteiger partial charge in [-0.1, -0.05) is 0 Å². The van der Waals surface area contributed by atoms with Crippen LogP contribution in [0.15, 0.2) is 18.5 Å². The number of fused-ring (bicyclic) bond motifs is 1. The molecule has 1 N–H and O–H groups in total. The second-order valence-electron chi connectivity index (χ2n) is 9.03. The molecule has 2 aliphatic rings. The van der Waals surface area contributed by atoms with Crippen molar-refractivity contribution in [2.45, 2.75) is 52.0 Å². The van der Waals surface area contributed by atoms with Gasteiger partial charge in [0.25, 0.3) is 0 Å². The topological polar surface area (TPSA) is 116 Å². The van der Waals surface area contributed by atoms with E-state index < -0.39 is 0 Å². The third-order valence-electron chi connectivity index (χ3n) is 6.51. The molecule has 2 aliphatic heterocycles. The lowest BCUT2D eigenvalue weighted by Gasteiger charge is -2.34. The number of hydrogen-bond donors (Lipinski definition) is 1. The maximum absolute atomic E-state index is 9.51. The summed E-state index contributed by atoms with van der Waals surface area (Å²) < 4.78 is 21.1. The van der Waals surface area contributed by atoms with E-state index >= 15 is 0 Å². The molecule has 35 heavy (non-hydrogen) atoms. The van der Waals surface area contributed by atoms with Gasteiger partial charge in [0.2, 0.25) is 0 Å². The van der Waals surface area contributed by atoms with Crippen LogP contribution < -0.4 is 4.90 Å². The first-order chi connectivity index (χ1) is 17.1. The average Bonchev–Trinajstić information content (AvgIpc) is 3.62. The maximum Gasteiger partial charge on any atom is 0.176 e. The van der Waals surface area contributed by atoms with E-state index in [9.17, 15) is 5.11 Å². The number of ether oxygens (including phenoxy) is 2. The molecule has 1 unspecified atom stereocenters. The summed E-state index contributed by atoms with van der Waals surface area (Å²) in [7, 11) is 0.